The number of nitrogens with two attached hydrogens (primary N) is 1. The van der Waals surface area contributed by atoms with Gasteiger partial charge < -0.3 is 5.73 Å². The second kappa shape index (κ2) is 4.55. The minimum atomic E-state index is -0.179. The van der Waals surface area contributed by atoms with E-state index in [0.29, 0.717) is 19.0 Å². The molecule has 1 aliphatic heterocycles. The number of hydrogen-bond donors (Lipinski definition) is 1. The van der Waals surface area contributed by atoms with E-state index in [-0.39, 0.29) is 11.8 Å². The molecular weight excluding hydrogens is 178 g/mol. The molecule has 0 spiro atoms. The number of hydrazone groups is 1. The van der Waals surface area contributed by atoms with Gasteiger partial charge in [0.15, 0.2) is 0 Å². The second-order valence-corrected chi connectivity index (χ2v) is 4.17. The summed E-state index contributed by atoms with van der Waals surface area (Å²) < 4.78 is 0. The van der Waals surface area contributed by atoms with Gasteiger partial charge in [0.1, 0.15) is 0 Å². The van der Waals surface area contributed by atoms with Gasteiger partial charge in [0, 0.05) is 18.8 Å². The van der Waals surface area contributed by atoms with Gasteiger partial charge >= 0.3 is 0 Å². The van der Waals surface area contributed by atoms with E-state index in [0.717, 1.165) is 12.1 Å². The maximum atomic E-state index is 11.7. The van der Waals surface area contributed by atoms with Crippen molar-refractivity contribution in [3.8, 4) is 0 Å². The maximum absolute atomic E-state index is 11.7. The number of carbonyl (C=O) groups excluding carboxylic acids is 1. The SMILES string of the molecule is CC1=NN(CCC(C)C)C(=O)C1CN. The monoisotopic (exact) mass is 197 g/mol. The van der Waals surface area contributed by atoms with Gasteiger partial charge in [-0.05, 0) is 19.3 Å². The van der Waals surface area contributed by atoms with Crippen LogP contribution < -0.4 is 5.73 Å². The minimum Gasteiger partial charge on any atom is -0.329 e. The van der Waals surface area contributed by atoms with E-state index < -0.39 is 0 Å². The fraction of sp³-hybridized carbons (Fsp3) is 0.800. The van der Waals surface area contributed by atoms with Gasteiger partial charge in [-0.25, -0.2) is 5.01 Å². The normalized spacial score (nSPS) is 22.1. The molecule has 1 heterocycles. The molecule has 0 aromatic carbocycles. The number of carbonyl (C=O) groups is 1. The highest BCUT2D eigenvalue weighted by atomic mass is 16.2. The van der Waals surface area contributed by atoms with Crippen LogP contribution in [0.3, 0.4) is 0 Å². The topological polar surface area (TPSA) is 58.7 Å². The molecule has 0 radical (unpaired) electrons. The third-order valence-corrected chi connectivity index (χ3v) is 2.49. The van der Waals surface area contributed by atoms with Gasteiger partial charge in [-0.1, -0.05) is 13.8 Å². The smallest absolute Gasteiger partial charge is 0.252 e. The molecule has 1 atom stereocenters. The molecule has 2 N–H and O–H groups in total. The van der Waals surface area contributed by atoms with Crippen molar-refractivity contribution in [3.63, 3.8) is 0 Å². The molecule has 1 unspecified atom stereocenters. The molecule has 0 aromatic rings. The van der Waals surface area contributed by atoms with E-state index in [1.54, 1.807) is 5.01 Å². The highest BCUT2D eigenvalue weighted by Gasteiger charge is 2.31. The van der Waals surface area contributed by atoms with Crippen LogP contribution in [-0.4, -0.2) is 29.7 Å². The summed E-state index contributed by atoms with van der Waals surface area (Å²) in [6.45, 7) is 7.22. The van der Waals surface area contributed by atoms with Crippen molar-refractivity contribution >= 4 is 11.6 Å². The second-order valence-electron chi connectivity index (χ2n) is 4.17. The molecule has 0 aromatic heterocycles. The van der Waals surface area contributed by atoms with Crippen LogP contribution >= 0.6 is 0 Å². The third kappa shape index (κ3) is 2.32. The Balaban J connectivity index is 2.53. The first kappa shape index (κ1) is 11.2. The van der Waals surface area contributed by atoms with Crippen LogP contribution in [0.15, 0.2) is 5.10 Å². The van der Waals surface area contributed by atoms with Crippen LogP contribution in [0.1, 0.15) is 27.2 Å². The van der Waals surface area contributed by atoms with E-state index in [1.165, 1.54) is 0 Å². The van der Waals surface area contributed by atoms with Gasteiger partial charge in [-0.2, -0.15) is 5.10 Å². The van der Waals surface area contributed by atoms with Crippen LogP contribution in [0, 0.1) is 11.8 Å². The lowest BCUT2D eigenvalue weighted by atomic mass is 10.1. The number of nitrogens with zero attached hydrogens (tertiary/aromatic N) is 2. The lowest BCUT2D eigenvalue weighted by Gasteiger charge is -2.14. The molecule has 4 heteroatoms. The van der Waals surface area contributed by atoms with Gasteiger partial charge in [-0.15, -0.1) is 0 Å². The fourth-order valence-corrected chi connectivity index (χ4v) is 1.48. The number of rotatable bonds is 4. The molecule has 80 valence electrons. The highest BCUT2D eigenvalue weighted by molar-refractivity contribution is 6.07. The van der Waals surface area contributed by atoms with E-state index in [9.17, 15) is 4.79 Å². The summed E-state index contributed by atoms with van der Waals surface area (Å²) in [6.07, 6.45) is 0.986. The molecule has 0 saturated heterocycles. The Kier molecular flexibility index (Phi) is 3.63. The molecule has 0 fully saturated rings. The van der Waals surface area contributed by atoms with Gasteiger partial charge in [-0.3, -0.25) is 4.79 Å². The predicted molar refractivity (Wildman–Crippen MR) is 56.8 cm³/mol. The van der Waals surface area contributed by atoms with Crippen LogP contribution in [0.4, 0.5) is 0 Å². The lowest BCUT2D eigenvalue weighted by molar-refractivity contribution is -0.131. The number of hydrogen-bond acceptors (Lipinski definition) is 3. The molecule has 0 bridgehead atoms. The molecule has 1 rings (SSSR count). The van der Waals surface area contributed by atoms with Crippen LogP contribution in [0.25, 0.3) is 0 Å². The van der Waals surface area contributed by atoms with E-state index in [4.69, 9.17) is 5.73 Å². The predicted octanol–water partition coefficient (Wildman–Crippen LogP) is 0.826. The van der Waals surface area contributed by atoms with E-state index in [2.05, 4.69) is 18.9 Å². The zero-order valence-electron chi connectivity index (χ0n) is 9.16. The molecule has 14 heavy (non-hydrogen) atoms. The molecule has 1 amide bonds. The first-order valence-electron chi connectivity index (χ1n) is 5.12. The summed E-state index contributed by atoms with van der Waals surface area (Å²) in [5.74, 6) is 0.475. The summed E-state index contributed by atoms with van der Waals surface area (Å²) in [5.41, 5.74) is 6.35. The third-order valence-electron chi connectivity index (χ3n) is 2.49. The summed E-state index contributed by atoms with van der Waals surface area (Å²) in [5, 5.41) is 5.78. The van der Waals surface area contributed by atoms with Crippen molar-refractivity contribution in [1.82, 2.24) is 5.01 Å². The standard InChI is InChI=1S/C10H19N3O/c1-7(2)4-5-13-10(14)9(6-11)8(3)12-13/h7,9H,4-6,11H2,1-3H3. The summed E-state index contributed by atoms with van der Waals surface area (Å²) in [6, 6.07) is 0. The summed E-state index contributed by atoms with van der Waals surface area (Å²) >= 11 is 0. The van der Waals surface area contributed by atoms with Crippen molar-refractivity contribution in [2.75, 3.05) is 13.1 Å². The van der Waals surface area contributed by atoms with Crippen molar-refractivity contribution in [3.05, 3.63) is 0 Å². The van der Waals surface area contributed by atoms with E-state index in [1.807, 2.05) is 6.92 Å². The van der Waals surface area contributed by atoms with Gasteiger partial charge in [0.2, 0.25) is 0 Å². The largest absolute Gasteiger partial charge is 0.329 e. The van der Waals surface area contributed by atoms with Crippen LogP contribution in [0.2, 0.25) is 0 Å². The number of amides is 1. The minimum absolute atomic E-state index is 0.0608. The Morgan fingerprint density at radius 1 is 1.57 bits per heavy atom. The molecular formula is C10H19N3O. The van der Waals surface area contributed by atoms with Crippen molar-refractivity contribution in [2.45, 2.75) is 27.2 Å². The van der Waals surface area contributed by atoms with Crippen LogP contribution in [-0.2, 0) is 4.79 Å². The average molecular weight is 197 g/mol. The Bertz CT molecular complexity index is 248. The van der Waals surface area contributed by atoms with Crippen molar-refractivity contribution in [2.24, 2.45) is 22.7 Å². The Morgan fingerprint density at radius 2 is 2.21 bits per heavy atom. The average Bonchev–Trinajstić information content (AvgIpc) is 2.38. The molecule has 0 saturated carbocycles. The Labute approximate surface area is 85.1 Å². The Hall–Kier alpha value is -0.900. The quantitative estimate of drug-likeness (QED) is 0.725. The lowest BCUT2D eigenvalue weighted by Crippen LogP contribution is -2.32. The van der Waals surface area contributed by atoms with Crippen molar-refractivity contribution in [1.29, 1.82) is 0 Å². The van der Waals surface area contributed by atoms with Crippen LogP contribution in [0.5, 0.6) is 0 Å². The first-order chi connectivity index (χ1) is 6.56. The van der Waals surface area contributed by atoms with E-state index >= 15 is 0 Å². The first-order valence-corrected chi connectivity index (χ1v) is 5.12. The Morgan fingerprint density at radius 3 is 2.64 bits per heavy atom. The fourth-order valence-electron chi connectivity index (χ4n) is 1.48. The summed E-state index contributed by atoms with van der Waals surface area (Å²) in [4.78, 5) is 11.7. The van der Waals surface area contributed by atoms with Gasteiger partial charge in [0.25, 0.3) is 5.91 Å². The molecule has 0 aliphatic carbocycles. The molecule has 1 aliphatic rings. The van der Waals surface area contributed by atoms with Crippen molar-refractivity contribution < 1.29 is 4.79 Å². The highest BCUT2D eigenvalue weighted by Crippen LogP contribution is 2.15. The zero-order chi connectivity index (χ0) is 10.7. The van der Waals surface area contributed by atoms with Gasteiger partial charge in [0.05, 0.1) is 5.92 Å². The maximum Gasteiger partial charge on any atom is 0.252 e. The zero-order valence-corrected chi connectivity index (χ0v) is 9.16. The summed E-state index contributed by atoms with van der Waals surface area (Å²) in [7, 11) is 0. The molecule has 4 nitrogen and oxygen atoms in total.